The molecule has 1 heterocycles. The van der Waals surface area contributed by atoms with Gasteiger partial charge < -0.3 is 5.11 Å². The number of nitrogens with zero attached hydrogens (tertiary/aromatic N) is 1. The predicted octanol–water partition coefficient (Wildman–Crippen LogP) is 1.96. The Morgan fingerprint density at radius 1 is 1.25 bits per heavy atom. The zero-order valence-corrected chi connectivity index (χ0v) is 12.7. The number of sulfone groups is 1. The first kappa shape index (κ1) is 14.9. The van der Waals surface area contributed by atoms with E-state index in [4.69, 9.17) is 0 Å². The highest BCUT2D eigenvalue weighted by Gasteiger charge is 2.38. The van der Waals surface area contributed by atoms with Crippen LogP contribution in [0.25, 0.3) is 10.9 Å². The molecule has 0 bridgehead atoms. The number of fused-ring (bicyclic) bond motifs is 1. The molecule has 1 aromatic carbocycles. The fourth-order valence-corrected chi connectivity index (χ4v) is 2.61. The van der Waals surface area contributed by atoms with Gasteiger partial charge in [0.2, 0.25) is 0 Å². The van der Waals surface area contributed by atoms with Crippen molar-refractivity contribution in [1.29, 1.82) is 0 Å². The van der Waals surface area contributed by atoms with E-state index in [9.17, 15) is 13.5 Å². The summed E-state index contributed by atoms with van der Waals surface area (Å²) < 4.78 is 22.4. The number of pyridine rings is 1. The van der Waals surface area contributed by atoms with Gasteiger partial charge in [0, 0.05) is 24.3 Å². The van der Waals surface area contributed by atoms with Crippen LogP contribution in [-0.4, -0.2) is 35.6 Å². The fourth-order valence-electron chi connectivity index (χ4n) is 2.03. The Balaban J connectivity index is 2.38. The molecule has 0 aliphatic heterocycles. The summed E-state index contributed by atoms with van der Waals surface area (Å²) in [5.74, 6) is 0. The van der Waals surface area contributed by atoms with Crippen molar-refractivity contribution >= 4 is 20.7 Å². The van der Waals surface area contributed by atoms with Crippen molar-refractivity contribution in [3.63, 3.8) is 0 Å². The standard InChI is InChI=1S/C15H19NO3S/c1-15(2,20(3,18)19)14(17)10-11-8-9-16-13-7-5-4-6-12(11)13/h4-9,14,17H,10H2,1-3H3. The third-order valence-corrected chi connectivity index (χ3v) is 6.09. The van der Waals surface area contributed by atoms with E-state index in [-0.39, 0.29) is 6.42 Å². The second-order valence-corrected chi connectivity index (χ2v) is 8.18. The lowest BCUT2D eigenvalue weighted by Gasteiger charge is -2.28. The van der Waals surface area contributed by atoms with E-state index in [1.54, 1.807) is 20.0 Å². The highest BCUT2D eigenvalue weighted by atomic mass is 32.2. The molecule has 4 nitrogen and oxygen atoms in total. The second kappa shape index (κ2) is 5.14. The van der Waals surface area contributed by atoms with Crippen LogP contribution in [0.1, 0.15) is 19.4 Å². The van der Waals surface area contributed by atoms with Crippen molar-refractivity contribution in [2.75, 3.05) is 6.26 Å². The molecule has 0 saturated heterocycles. The molecule has 0 saturated carbocycles. The Hall–Kier alpha value is -1.46. The molecule has 1 unspecified atom stereocenters. The molecular weight excluding hydrogens is 274 g/mol. The second-order valence-electron chi connectivity index (χ2n) is 5.58. The van der Waals surface area contributed by atoms with Crippen molar-refractivity contribution in [2.45, 2.75) is 31.1 Å². The Morgan fingerprint density at radius 2 is 1.90 bits per heavy atom. The van der Waals surface area contributed by atoms with Crippen LogP contribution in [0, 0.1) is 0 Å². The van der Waals surface area contributed by atoms with Crippen LogP contribution in [0.4, 0.5) is 0 Å². The quantitative estimate of drug-likeness (QED) is 0.935. The monoisotopic (exact) mass is 293 g/mol. The van der Waals surface area contributed by atoms with Gasteiger partial charge in [-0.2, -0.15) is 0 Å². The number of hydrogen-bond acceptors (Lipinski definition) is 4. The van der Waals surface area contributed by atoms with Crippen molar-refractivity contribution < 1.29 is 13.5 Å². The van der Waals surface area contributed by atoms with Gasteiger partial charge in [-0.1, -0.05) is 18.2 Å². The zero-order chi connectivity index (χ0) is 15.0. The maximum absolute atomic E-state index is 11.8. The maximum Gasteiger partial charge on any atom is 0.155 e. The summed E-state index contributed by atoms with van der Waals surface area (Å²) in [6.45, 7) is 3.10. The van der Waals surface area contributed by atoms with E-state index in [0.29, 0.717) is 0 Å². The zero-order valence-electron chi connectivity index (χ0n) is 11.9. The minimum absolute atomic E-state index is 0.281. The number of rotatable bonds is 4. The first-order valence-electron chi connectivity index (χ1n) is 6.44. The van der Waals surface area contributed by atoms with Crippen LogP contribution >= 0.6 is 0 Å². The highest BCUT2D eigenvalue weighted by molar-refractivity contribution is 7.92. The molecule has 1 N–H and O–H groups in total. The van der Waals surface area contributed by atoms with Gasteiger partial charge in [-0.25, -0.2) is 8.42 Å². The van der Waals surface area contributed by atoms with Crippen LogP contribution in [0.15, 0.2) is 36.5 Å². The number of aliphatic hydroxyl groups is 1. The number of aromatic nitrogens is 1. The molecule has 20 heavy (non-hydrogen) atoms. The lowest BCUT2D eigenvalue weighted by Crippen LogP contribution is -2.44. The summed E-state index contributed by atoms with van der Waals surface area (Å²) in [6.07, 6.45) is 2.14. The molecular formula is C15H19NO3S. The van der Waals surface area contributed by atoms with Crippen LogP contribution in [0.5, 0.6) is 0 Å². The minimum atomic E-state index is -3.34. The summed E-state index contributed by atoms with van der Waals surface area (Å²) >= 11 is 0. The van der Waals surface area contributed by atoms with E-state index < -0.39 is 20.7 Å². The third-order valence-electron chi connectivity index (χ3n) is 3.91. The first-order valence-corrected chi connectivity index (χ1v) is 8.33. The summed E-state index contributed by atoms with van der Waals surface area (Å²) in [5.41, 5.74) is 1.74. The molecule has 2 aromatic rings. The predicted molar refractivity (Wildman–Crippen MR) is 80.4 cm³/mol. The summed E-state index contributed by atoms with van der Waals surface area (Å²) in [5, 5.41) is 11.3. The van der Waals surface area contributed by atoms with E-state index in [0.717, 1.165) is 22.7 Å². The third kappa shape index (κ3) is 2.69. The fraction of sp³-hybridized carbons (Fsp3) is 0.400. The Labute approximate surface area is 119 Å². The molecule has 1 aromatic heterocycles. The van der Waals surface area contributed by atoms with Gasteiger partial charge in [-0.05, 0) is 31.5 Å². The summed E-state index contributed by atoms with van der Waals surface area (Å²) in [6, 6.07) is 9.45. The molecule has 0 aliphatic carbocycles. The van der Waals surface area contributed by atoms with Crippen LogP contribution in [0.2, 0.25) is 0 Å². The van der Waals surface area contributed by atoms with E-state index in [1.165, 1.54) is 0 Å². The van der Waals surface area contributed by atoms with Gasteiger partial charge in [0.05, 0.1) is 16.4 Å². The molecule has 0 amide bonds. The van der Waals surface area contributed by atoms with Gasteiger partial charge in [-0.3, -0.25) is 4.98 Å². The Kier molecular flexibility index (Phi) is 3.84. The first-order chi connectivity index (χ1) is 9.23. The largest absolute Gasteiger partial charge is 0.391 e. The van der Waals surface area contributed by atoms with Crippen molar-refractivity contribution in [2.24, 2.45) is 0 Å². The normalized spacial score (nSPS) is 14.4. The van der Waals surface area contributed by atoms with Crippen LogP contribution in [0.3, 0.4) is 0 Å². The minimum Gasteiger partial charge on any atom is -0.391 e. The van der Waals surface area contributed by atoms with Crippen LogP contribution in [-0.2, 0) is 16.3 Å². The molecule has 5 heteroatoms. The van der Waals surface area contributed by atoms with Gasteiger partial charge in [-0.15, -0.1) is 0 Å². The number of hydrogen-bond donors (Lipinski definition) is 1. The molecule has 0 spiro atoms. The smallest absolute Gasteiger partial charge is 0.155 e. The highest BCUT2D eigenvalue weighted by Crippen LogP contribution is 2.25. The van der Waals surface area contributed by atoms with Crippen LogP contribution < -0.4 is 0 Å². The molecule has 0 radical (unpaired) electrons. The molecule has 0 aliphatic rings. The molecule has 0 fully saturated rings. The van der Waals surface area contributed by atoms with Gasteiger partial charge in [0.1, 0.15) is 0 Å². The topological polar surface area (TPSA) is 67.3 Å². The molecule has 2 rings (SSSR count). The summed E-state index contributed by atoms with van der Waals surface area (Å²) in [7, 11) is -3.34. The SMILES string of the molecule is CC(C)(C(O)Cc1ccnc2ccccc12)S(C)(=O)=O. The van der Waals surface area contributed by atoms with E-state index in [1.807, 2.05) is 30.3 Å². The van der Waals surface area contributed by atoms with Gasteiger partial charge >= 0.3 is 0 Å². The molecule has 108 valence electrons. The van der Waals surface area contributed by atoms with Gasteiger partial charge in [0.25, 0.3) is 0 Å². The van der Waals surface area contributed by atoms with Crippen molar-refractivity contribution in [3.05, 3.63) is 42.1 Å². The Morgan fingerprint density at radius 3 is 2.55 bits per heavy atom. The van der Waals surface area contributed by atoms with Gasteiger partial charge in [0.15, 0.2) is 9.84 Å². The average Bonchev–Trinajstić information content (AvgIpc) is 2.37. The van der Waals surface area contributed by atoms with E-state index >= 15 is 0 Å². The van der Waals surface area contributed by atoms with E-state index in [2.05, 4.69) is 4.98 Å². The number of benzene rings is 1. The van der Waals surface area contributed by atoms with Crippen molar-refractivity contribution in [3.8, 4) is 0 Å². The maximum atomic E-state index is 11.8. The average molecular weight is 293 g/mol. The molecule has 1 atom stereocenters. The lowest BCUT2D eigenvalue weighted by atomic mass is 9.96. The number of para-hydroxylation sites is 1. The van der Waals surface area contributed by atoms with Crippen molar-refractivity contribution in [1.82, 2.24) is 4.98 Å². The lowest BCUT2D eigenvalue weighted by molar-refractivity contribution is 0.138. The Bertz CT molecular complexity index is 717. The summed E-state index contributed by atoms with van der Waals surface area (Å²) in [4.78, 5) is 4.26. The number of aliphatic hydroxyl groups excluding tert-OH is 1.